The molecule has 1 saturated carbocycles. The highest BCUT2D eigenvalue weighted by Gasteiger charge is 2.34. The van der Waals surface area contributed by atoms with Gasteiger partial charge in [0.2, 0.25) is 11.8 Å². The van der Waals surface area contributed by atoms with Crippen molar-refractivity contribution in [3.8, 4) is 5.88 Å². The largest absolute Gasteiger partial charge is 0.474 e. The number of amides is 2. The van der Waals surface area contributed by atoms with Crippen LogP contribution < -0.4 is 15.8 Å². The van der Waals surface area contributed by atoms with Crippen molar-refractivity contribution in [2.24, 2.45) is 5.73 Å². The minimum atomic E-state index is -0.848. The van der Waals surface area contributed by atoms with Gasteiger partial charge in [0, 0.05) is 10.9 Å². The molecule has 1 fully saturated rings. The third-order valence-electron chi connectivity index (χ3n) is 7.72. The van der Waals surface area contributed by atoms with E-state index in [4.69, 9.17) is 15.2 Å². The number of benzene rings is 1. The molecule has 0 unspecified atom stereocenters. The van der Waals surface area contributed by atoms with Crippen molar-refractivity contribution in [2.45, 2.75) is 75.7 Å². The molecule has 2 aliphatic carbocycles. The van der Waals surface area contributed by atoms with Gasteiger partial charge in [-0.25, -0.2) is 14.8 Å². The second-order valence-corrected chi connectivity index (χ2v) is 11.5. The number of carbonyl (C=O) groups is 2. The van der Waals surface area contributed by atoms with Crippen LogP contribution in [0, 0.1) is 0 Å². The van der Waals surface area contributed by atoms with E-state index in [0.717, 1.165) is 59.9 Å². The Morgan fingerprint density at radius 2 is 1.89 bits per heavy atom. The molecule has 202 valence electrons. The molecule has 1 aromatic carbocycles. The molecule has 2 atom stereocenters. The van der Waals surface area contributed by atoms with E-state index in [9.17, 15) is 9.59 Å². The van der Waals surface area contributed by atoms with Crippen LogP contribution in [-0.4, -0.2) is 59.2 Å². The fraction of sp³-hybridized carbons (Fsp3) is 0.500. The number of nitrogens with one attached hydrogen (secondary N) is 1. The quantitative estimate of drug-likeness (QED) is 0.421. The van der Waals surface area contributed by atoms with Crippen LogP contribution in [0.5, 0.6) is 5.88 Å². The van der Waals surface area contributed by atoms with Crippen molar-refractivity contribution >= 4 is 33.6 Å². The standard InChI is InChI=1S/C28H35N5O4S/c1-33(2)19-9-11-20(12-10-19)37-26-24-23-18(8-13-22(23)38-27(24)31-16-30-26)14-21(25(29)34)32-28(35)36-15-17-6-4-3-5-7-17/h3-7,16,18-21H,8-15H2,1-2H3,(H2,29,34)(H,32,35)/t18-,19-,20-,21+/m1/s1. The van der Waals surface area contributed by atoms with Gasteiger partial charge in [0.25, 0.3) is 0 Å². The fourth-order valence-corrected chi connectivity index (χ4v) is 6.87. The average Bonchev–Trinajstić information content (AvgIpc) is 3.48. The summed E-state index contributed by atoms with van der Waals surface area (Å²) in [5.74, 6) is 0.0714. The van der Waals surface area contributed by atoms with Gasteiger partial charge < -0.3 is 25.4 Å². The van der Waals surface area contributed by atoms with E-state index >= 15 is 0 Å². The van der Waals surface area contributed by atoms with E-state index in [1.807, 2.05) is 30.3 Å². The number of ether oxygens (including phenoxy) is 2. The van der Waals surface area contributed by atoms with Crippen LogP contribution >= 0.6 is 11.3 Å². The van der Waals surface area contributed by atoms with Gasteiger partial charge in [-0.3, -0.25) is 4.79 Å². The lowest BCUT2D eigenvalue weighted by atomic mass is 9.92. The van der Waals surface area contributed by atoms with Crippen LogP contribution in [0.3, 0.4) is 0 Å². The Balaban J connectivity index is 1.29. The van der Waals surface area contributed by atoms with Gasteiger partial charge in [0.15, 0.2) is 0 Å². The van der Waals surface area contributed by atoms with Crippen LogP contribution in [0.4, 0.5) is 4.79 Å². The van der Waals surface area contributed by atoms with Gasteiger partial charge >= 0.3 is 6.09 Å². The molecule has 3 aromatic rings. The number of nitrogens with zero attached hydrogens (tertiary/aromatic N) is 3. The molecule has 0 spiro atoms. The van der Waals surface area contributed by atoms with E-state index in [-0.39, 0.29) is 18.6 Å². The Morgan fingerprint density at radius 1 is 1.13 bits per heavy atom. The molecule has 9 nitrogen and oxygen atoms in total. The molecule has 5 rings (SSSR count). The lowest BCUT2D eigenvalue weighted by molar-refractivity contribution is -0.120. The van der Waals surface area contributed by atoms with Crippen LogP contribution in [0.25, 0.3) is 10.2 Å². The van der Waals surface area contributed by atoms with Gasteiger partial charge in [-0.1, -0.05) is 30.3 Å². The van der Waals surface area contributed by atoms with Crippen molar-refractivity contribution in [2.75, 3.05) is 14.1 Å². The smallest absolute Gasteiger partial charge is 0.408 e. The van der Waals surface area contributed by atoms with Gasteiger partial charge in [-0.2, -0.15) is 0 Å². The third-order valence-corrected chi connectivity index (χ3v) is 8.89. The number of aromatic nitrogens is 2. The maximum Gasteiger partial charge on any atom is 0.408 e. The first-order valence-corrected chi connectivity index (χ1v) is 14.1. The van der Waals surface area contributed by atoms with Crippen molar-refractivity contribution in [1.29, 1.82) is 0 Å². The Kier molecular flexibility index (Phi) is 8.09. The molecule has 2 aromatic heterocycles. The molecule has 0 radical (unpaired) electrons. The highest BCUT2D eigenvalue weighted by molar-refractivity contribution is 7.19. The average molecular weight is 538 g/mol. The highest BCUT2D eigenvalue weighted by atomic mass is 32.1. The molecule has 2 amide bonds. The number of rotatable bonds is 9. The van der Waals surface area contributed by atoms with Crippen LogP contribution in [-0.2, 0) is 22.6 Å². The summed E-state index contributed by atoms with van der Waals surface area (Å²) in [7, 11) is 4.26. The molecule has 38 heavy (non-hydrogen) atoms. The van der Waals surface area contributed by atoms with E-state index in [0.29, 0.717) is 18.3 Å². The zero-order valence-electron chi connectivity index (χ0n) is 21.9. The summed E-state index contributed by atoms with van der Waals surface area (Å²) in [5.41, 5.74) is 7.70. The summed E-state index contributed by atoms with van der Waals surface area (Å²) in [6.45, 7) is 0.120. The Bertz CT molecular complexity index is 1270. The van der Waals surface area contributed by atoms with Crippen molar-refractivity contribution < 1.29 is 19.1 Å². The molecule has 0 aliphatic heterocycles. The van der Waals surface area contributed by atoms with Crippen LogP contribution in [0.15, 0.2) is 36.7 Å². The highest BCUT2D eigenvalue weighted by Crippen LogP contribution is 2.47. The molecule has 0 saturated heterocycles. The van der Waals surface area contributed by atoms with Crippen LogP contribution in [0.1, 0.15) is 60.4 Å². The second-order valence-electron chi connectivity index (χ2n) is 10.4. The number of aryl methyl sites for hydroxylation is 1. The zero-order valence-corrected chi connectivity index (χ0v) is 22.7. The fourth-order valence-electron chi connectivity index (χ4n) is 5.64. The molecule has 2 heterocycles. The number of alkyl carbamates (subject to hydrolysis) is 1. The summed E-state index contributed by atoms with van der Waals surface area (Å²) in [4.78, 5) is 38.3. The van der Waals surface area contributed by atoms with Gasteiger partial charge in [0.05, 0.1) is 5.39 Å². The molecule has 3 N–H and O–H groups in total. The number of fused-ring (bicyclic) bond motifs is 3. The number of hydrogen-bond acceptors (Lipinski definition) is 8. The Labute approximate surface area is 226 Å². The first-order valence-electron chi connectivity index (χ1n) is 13.2. The van der Waals surface area contributed by atoms with E-state index < -0.39 is 18.0 Å². The van der Waals surface area contributed by atoms with Gasteiger partial charge in [-0.05, 0) is 76.1 Å². The molecule has 10 heteroatoms. The van der Waals surface area contributed by atoms with Crippen molar-refractivity contribution in [1.82, 2.24) is 20.2 Å². The predicted octanol–water partition coefficient (Wildman–Crippen LogP) is 4.14. The molecule has 0 bridgehead atoms. The van der Waals surface area contributed by atoms with Gasteiger partial charge in [-0.15, -0.1) is 11.3 Å². The first kappa shape index (κ1) is 26.4. The van der Waals surface area contributed by atoms with Gasteiger partial charge in [0.1, 0.15) is 29.9 Å². The minimum absolute atomic E-state index is 0.0310. The second kappa shape index (κ2) is 11.7. The summed E-state index contributed by atoms with van der Waals surface area (Å²) >= 11 is 1.66. The maximum absolute atomic E-state index is 12.5. The number of thiophene rings is 1. The van der Waals surface area contributed by atoms with Crippen LogP contribution in [0.2, 0.25) is 0 Å². The number of primary amides is 1. The normalized spacial score (nSPS) is 21.7. The topological polar surface area (TPSA) is 120 Å². The lowest BCUT2D eigenvalue weighted by Gasteiger charge is -2.32. The number of carbonyl (C=O) groups excluding carboxylic acids is 2. The maximum atomic E-state index is 12.5. The summed E-state index contributed by atoms with van der Waals surface area (Å²) in [5, 5.41) is 3.62. The summed E-state index contributed by atoms with van der Waals surface area (Å²) < 4.78 is 11.8. The summed E-state index contributed by atoms with van der Waals surface area (Å²) in [6, 6.07) is 9.14. The number of hydrogen-bond donors (Lipinski definition) is 2. The zero-order chi connectivity index (χ0) is 26.6. The van der Waals surface area contributed by atoms with E-state index in [1.54, 1.807) is 17.7 Å². The Hall–Kier alpha value is -3.24. The molecular weight excluding hydrogens is 502 g/mol. The third kappa shape index (κ3) is 5.91. The predicted molar refractivity (Wildman–Crippen MR) is 146 cm³/mol. The van der Waals surface area contributed by atoms with Crippen molar-refractivity contribution in [3.05, 3.63) is 52.7 Å². The monoisotopic (exact) mass is 537 g/mol. The van der Waals surface area contributed by atoms with E-state index in [2.05, 4.69) is 34.3 Å². The number of nitrogens with two attached hydrogens (primary N) is 1. The Morgan fingerprint density at radius 3 is 2.61 bits per heavy atom. The first-order chi connectivity index (χ1) is 18.4. The SMILES string of the molecule is CN(C)[C@H]1CC[C@H](Oc2ncnc3sc4c(c23)[C@@H](C[C@H](NC(=O)OCc2ccccc2)C(N)=O)CC4)CC1. The molecule has 2 aliphatic rings. The lowest BCUT2D eigenvalue weighted by Crippen LogP contribution is -2.45. The molecular formula is C28H35N5O4S. The van der Waals surface area contributed by atoms with Crippen molar-refractivity contribution in [3.63, 3.8) is 0 Å². The van der Waals surface area contributed by atoms with E-state index in [1.165, 1.54) is 4.88 Å². The minimum Gasteiger partial charge on any atom is -0.474 e. The summed E-state index contributed by atoms with van der Waals surface area (Å²) in [6.07, 6.45) is 7.35.